The molecule has 1 amide bonds. The fraction of sp³-hybridized carbons (Fsp3) is 0.619. The van der Waals surface area contributed by atoms with Crippen molar-refractivity contribution < 1.29 is 17.9 Å². The highest BCUT2D eigenvalue weighted by atomic mass is 127. The minimum atomic E-state index is -3.21. The van der Waals surface area contributed by atoms with E-state index in [9.17, 15) is 13.2 Å². The number of carbonyl (C=O) groups excluding carboxylic acids is 1. The summed E-state index contributed by atoms with van der Waals surface area (Å²) < 4.78 is 28.4. The van der Waals surface area contributed by atoms with E-state index in [0.717, 1.165) is 24.8 Å². The maximum Gasteiger partial charge on any atom is 0.407 e. The molecule has 1 aromatic carbocycles. The second-order valence-corrected chi connectivity index (χ2v) is 10.2. The van der Waals surface area contributed by atoms with Crippen LogP contribution >= 0.6 is 24.0 Å². The molecule has 0 saturated carbocycles. The molecule has 0 fully saturated rings. The van der Waals surface area contributed by atoms with Crippen molar-refractivity contribution in [2.75, 3.05) is 19.8 Å². The number of nitrogens with one attached hydrogen (secondary N) is 3. The summed E-state index contributed by atoms with van der Waals surface area (Å²) in [5.74, 6) is 0.606. The Morgan fingerprint density at radius 3 is 2.26 bits per heavy atom. The van der Waals surface area contributed by atoms with Crippen LogP contribution in [0.5, 0.6) is 0 Å². The third-order valence-corrected chi connectivity index (χ3v) is 5.30. The molecule has 31 heavy (non-hydrogen) atoms. The molecule has 0 aromatic heterocycles. The van der Waals surface area contributed by atoms with E-state index in [0.29, 0.717) is 23.9 Å². The molecular weight excluding hydrogens is 531 g/mol. The lowest BCUT2D eigenvalue weighted by Crippen LogP contribution is -2.48. The van der Waals surface area contributed by atoms with E-state index in [-0.39, 0.29) is 30.0 Å². The van der Waals surface area contributed by atoms with Crippen LogP contribution in [0.2, 0.25) is 0 Å². The van der Waals surface area contributed by atoms with Gasteiger partial charge < -0.3 is 20.7 Å². The van der Waals surface area contributed by atoms with Crippen molar-refractivity contribution in [1.29, 1.82) is 0 Å². The summed E-state index contributed by atoms with van der Waals surface area (Å²) in [6, 6.07) is 6.73. The Hall–Kier alpha value is -1.56. The normalized spacial score (nSPS) is 13.0. The van der Waals surface area contributed by atoms with Gasteiger partial charge in [-0.25, -0.2) is 13.2 Å². The molecule has 178 valence electrons. The topological polar surface area (TPSA) is 109 Å². The zero-order chi connectivity index (χ0) is 22.8. The monoisotopic (exact) mass is 568 g/mol. The number of hydrogen-bond donors (Lipinski definition) is 3. The molecule has 0 saturated heterocycles. The molecule has 0 aliphatic heterocycles. The molecule has 10 heteroatoms. The molecule has 0 aliphatic rings. The number of sulfone groups is 1. The smallest absolute Gasteiger partial charge is 0.407 e. The van der Waals surface area contributed by atoms with Crippen LogP contribution in [-0.2, 0) is 21.1 Å². The Bertz CT molecular complexity index is 806. The van der Waals surface area contributed by atoms with Gasteiger partial charge in [0.25, 0.3) is 0 Å². The van der Waals surface area contributed by atoms with Gasteiger partial charge >= 0.3 is 6.09 Å². The van der Waals surface area contributed by atoms with Crippen molar-refractivity contribution in [3.05, 3.63) is 29.8 Å². The number of rotatable bonds is 9. The lowest BCUT2D eigenvalue weighted by molar-refractivity contribution is 0.0522. The van der Waals surface area contributed by atoms with E-state index >= 15 is 0 Å². The third-order valence-electron chi connectivity index (χ3n) is 4.17. The number of ether oxygens (including phenoxy) is 1. The van der Waals surface area contributed by atoms with Gasteiger partial charge in [0.15, 0.2) is 15.8 Å². The maximum atomic E-state index is 12.0. The fourth-order valence-corrected chi connectivity index (χ4v) is 3.26. The van der Waals surface area contributed by atoms with Crippen LogP contribution in [0.4, 0.5) is 4.79 Å². The Morgan fingerprint density at radius 1 is 1.16 bits per heavy atom. The SMILES string of the molecule is CCCCC(CNC(=O)OC(C)(C)C)NC(=NC)NCc1ccc(S(C)(=O)=O)cc1.I. The number of hydrogen-bond acceptors (Lipinski definition) is 5. The van der Waals surface area contributed by atoms with Crippen LogP contribution in [0.15, 0.2) is 34.2 Å². The van der Waals surface area contributed by atoms with Gasteiger partial charge in [-0.15, -0.1) is 24.0 Å². The summed E-state index contributed by atoms with van der Waals surface area (Å²) in [6.45, 7) is 8.50. The van der Waals surface area contributed by atoms with Crippen LogP contribution in [0.25, 0.3) is 0 Å². The quantitative estimate of drug-likeness (QED) is 0.239. The van der Waals surface area contributed by atoms with Gasteiger partial charge in [0.2, 0.25) is 0 Å². The molecule has 0 radical (unpaired) electrons. The molecule has 0 heterocycles. The number of alkyl carbamates (subject to hydrolysis) is 1. The summed E-state index contributed by atoms with van der Waals surface area (Å²) in [7, 11) is -1.53. The van der Waals surface area contributed by atoms with Crippen LogP contribution < -0.4 is 16.0 Å². The number of aliphatic imine (C=N–C) groups is 1. The second kappa shape index (κ2) is 13.8. The second-order valence-electron chi connectivity index (χ2n) is 8.21. The number of benzene rings is 1. The summed E-state index contributed by atoms with van der Waals surface area (Å²) >= 11 is 0. The summed E-state index contributed by atoms with van der Waals surface area (Å²) in [5, 5.41) is 9.37. The molecule has 1 atom stereocenters. The largest absolute Gasteiger partial charge is 0.444 e. The number of halogens is 1. The average Bonchev–Trinajstić information content (AvgIpc) is 2.65. The highest BCUT2D eigenvalue weighted by Crippen LogP contribution is 2.10. The van der Waals surface area contributed by atoms with Crippen LogP contribution in [-0.4, -0.2) is 52.0 Å². The highest BCUT2D eigenvalue weighted by Gasteiger charge is 2.18. The lowest BCUT2D eigenvalue weighted by Gasteiger charge is -2.24. The molecule has 0 aliphatic carbocycles. The fourth-order valence-electron chi connectivity index (χ4n) is 2.62. The van der Waals surface area contributed by atoms with E-state index in [2.05, 4.69) is 27.9 Å². The number of carbonyl (C=O) groups is 1. The van der Waals surface area contributed by atoms with Crippen LogP contribution in [0.3, 0.4) is 0 Å². The van der Waals surface area contributed by atoms with E-state index in [1.54, 1.807) is 31.3 Å². The predicted octanol–water partition coefficient (Wildman–Crippen LogP) is 3.46. The third kappa shape index (κ3) is 12.8. The van der Waals surface area contributed by atoms with Gasteiger partial charge in [0.05, 0.1) is 4.90 Å². The van der Waals surface area contributed by atoms with Crippen LogP contribution in [0.1, 0.15) is 52.5 Å². The van der Waals surface area contributed by atoms with Crippen molar-refractivity contribution in [1.82, 2.24) is 16.0 Å². The molecule has 0 bridgehead atoms. The Balaban J connectivity index is 0.00000900. The van der Waals surface area contributed by atoms with Gasteiger partial charge in [-0.05, 0) is 44.9 Å². The standard InChI is InChI=1S/C21H36N4O4S.HI/c1-7-8-9-17(15-24-20(26)29-21(2,3)4)25-19(22-5)23-14-16-10-12-18(13-11-16)30(6,27)28;/h10-13,17H,7-9,14-15H2,1-6H3,(H,24,26)(H2,22,23,25);1H. The molecule has 0 spiro atoms. The first-order chi connectivity index (χ1) is 13.9. The Kier molecular flexibility index (Phi) is 13.1. The average molecular weight is 569 g/mol. The van der Waals surface area contributed by atoms with Gasteiger partial charge in [0.1, 0.15) is 5.60 Å². The highest BCUT2D eigenvalue weighted by molar-refractivity contribution is 14.0. The zero-order valence-corrected chi connectivity index (χ0v) is 22.5. The minimum absolute atomic E-state index is 0. The van der Waals surface area contributed by atoms with Gasteiger partial charge in [-0.1, -0.05) is 31.9 Å². The Labute approximate surface area is 203 Å². The molecule has 1 unspecified atom stereocenters. The van der Waals surface area contributed by atoms with Crippen molar-refractivity contribution in [2.24, 2.45) is 4.99 Å². The first kappa shape index (κ1) is 29.4. The number of amides is 1. The minimum Gasteiger partial charge on any atom is -0.444 e. The number of unbranched alkanes of at least 4 members (excludes halogenated alkanes) is 1. The van der Waals surface area contributed by atoms with Crippen molar-refractivity contribution >= 4 is 45.9 Å². The molecular formula is C21H37IN4O4S. The van der Waals surface area contributed by atoms with Crippen LogP contribution in [0, 0.1) is 0 Å². The summed E-state index contributed by atoms with van der Waals surface area (Å²) in [6.07, 6.45) is 3.67. The zero-order valence-electron chi connectivity index (χ0n) is 19.3. The number of nitrogens with zero attached hydrogens (tertiary/aromatic N) is 1. The van der Waals surface area contributed by atoms with Gasteiger partial charge in [0, 0.05) is 32.4 Å². The molecule has 8 nitrogen and oxygen atoms in total. The van der Waals surface area contributed by atoms with Gasteiger partial charge in [-0.2, -0.15) is 0 Å². The maximum absolute atomic E-state index is 12.0. The molecule has 3 N–H and O–H groups in total. The number of guanidine groups is 1. The lowest BCUT2D eigenvalue weighted by atomic mass is 10.1. The molecule has 1 rings (SSSR count). The summed E-state index contributed by atoms with van der Waals surface area (Å²) in [5.41, 5.74) is 0.392. The van der Waals surface area contributed by atoms with Crippen molar-refractivity contribution in [3.8, 4) is 0 Å². The van der Waals surface area contributed by atoms with E-state index in [1.807, 2.05) is 20.8 Å². The predicted molar refractivity (Wildman–Crippen MR) is 136 cm³/mol. The first-order valence-electron chi connectivity index (χ1n) is 10.2. The van der Waals surface area contributed by atoms with Crippen molar-refractivity contribution in [2.45, 2.75) is 70.0 Å². The van der Waals surface area contributed by atoms with Crippen molar-refractivity contribution in [3.63, 3.8) is 0 Å². The van der Waals surface area contributed by atoms with E-state index < -0.39 is 21.5 Å². The Morgan fingerprint density at radius 2 is 1.77 bits per heavy atom. The van der Waals surface area contributed by atoms with Gasteiger partial charge in [-0.3, -0.25) is 4.99 Å². The van der Waals surface area contributed by atoms with E-state index in [1.165, 1.54) is 6.26 Å². The molecule has 1 aromatic rings. The first-order valence-corrected chi connectivity index (χ1v) is 12.1. The summed E-state index contributed by atoms with van der Waals surface area (Å²) in [4.78, 5) is 16.5. The van der Waals surface area contributed by atoms with E-state index in [4.69, 9.17) is 4.74 Å².